The van der Waals surface area contributed by atoms with Gasteiger partial charge in [-0.05, 0) is 42.5 Å². The lowest BCUT2D eigenvalue weighted by atomic mass is 10.2. The number of hydrogen-bond acceptors (Lipinski definition) is 6. The first-order valence-electron chi connectivity index (χ1n) is 8.69. The molecule has 0 aliphatic carbocycles. The van der Waals surface area contributed by atoms with Crippen LogP contribution in [0, 0.1) is 0 Å². The first kappa shape index (κ1) is 17.7. The molecule has 0 bridgehead atoms. The van der Waals surface area contributed by atoms with Crippen molar-refractivity contribution in [1.29, 1.82) is 0 Å². The van der Waals surface area contributed by atoms with Crippen molar-refractivity contribution >= 4 is 11.9 Å². The molecule has 3 aromatic rings. The summed E-state index contributed by atoms with van der Waals surface area (Å²) < 4.78 is 27.4. The highest BCUT2D eigenvalue weighted by Crippen LogP contribution is 2.37. The fourth-order valence-electron chi connectivity index (χ4n) is 2.79. The van der Waals surface area contributed by atoms with E-state index in [1.54, 1.807) is 26.5 Å². The van der Waals surface area contributed by atoms with E-state index >= 15 is 0 Å². The molecule has 1 heterocycles. The highest BCUT2D eigenvalue weighted by Gasteiger charge is 2.17. The van der Waals surface area contributed by atoms with Crippen LogP contribution in [0.15, 0.2) is 65.7 Å². The van der Waals surface area contributed by atoms with Crippen molar-refractivity contribution < 1.29 is 23.7 Å². The molecule has 0 spiro atoms. The predicted molar refractivity (Wildman–Crippen MR) is 106 cm³/mol. The number of para-hydroxylation sites is 2. The molecular formula is C22H19NO5. The summed E-state index contributed by atoms with van der Waals surface area (Å²) in [6.07, 6.45) is 1.73. The predicted octanol–water partition coefficient (Wildman–Crippen LogP) is 4.98. The molecule has 0 unspecified atom stereocenters. The van der Waals surface area contributed by atoms with Crippen LogP contribution in [-0.4, -0.2) is 27.2 Å². The van der Waals surface area contributed by atoms with Crippen LogP contribution in [0.25, 0.3) is 0 Å². The molecular weight excluding hydrogens is 358 g/mol. The Morgan fingerprint density at radius 3 is 2.21 bits per heavy atom. The van der Waals surface area contributed by atoms with Gasteiger partial charge in [0.15, 0.2) is 23.0 Å². The maximum absolute atomic E-state index is 5.88. The Kier molecular flexibility index (Phi) is 5.01. The van der Waals surface area contributed by atoms with Gasteiger partial charge >= 0.3 is 0 Å². The van der Waals surface area contributed by atoms with Crippen LogP contribution in [0.1, 0.15) is 5.56 Å². The summed E-state index contributed by atoms with van der Waals surface area (Å²) >= 11 is 0. The average molecular weight is 377 g/mol. The zero-order valence-electron chi connectivity index (χ0n) is 15.5. The number of hydrogen-bond donors (Lipinski definition) is 0. The summed E-state index contributed by atoms with van der Waals surface area (Å²) in [5, 5.41) is 0. The Bertz CT molecular complexity index is 998. The topological polar surface area (TPSA) is 58.5 Å². The molecule has 0 N–H and O–H groups in total. The Hall–Kier alpha value is -3.67. The summed E-state index contributed by atoms with van der Waals surface area (Å²) in [6, 6.07) is 18.6. The lowest BCUT2D eigenvalue weighted by molar-refractivity contribution is 0.174. The van der Waals surface area contributed by atoms with E-state index in [0.29, 0.717) is 34.5 Å². The monoisotopic (exact) mass is 377 g/mol. The number of aliphatic imine (C=N–C) groups is 1. The molecule has 6 nitrogen and oxygen atoms in total. The van der Waals surface area contributed by atoms with Crippen LogP contribution in [0.4, 0.5) is 5.69 Å². The van der Waals surface area contributed by atoms with Gasteiger partial charge < -0.3 is 23.7 Å². The van der Waals surface area contributed by atoms with Crippen molar-refractivity contribution in [3.05, 3.63) is 66.2 Å². The van der Waals surface area contributed by atoms with Gasteiger partial charge in [0.25, 0.3) is 0 Å². The summed E-state index contributed by atoms with van der Waals surface area (Å²) in [7, 11) is 3.23. The summed E-state index contributed by atoms with van der Waals surface area (Å²) in [5.74, 6) is 4.06. The van der Waals surface area contributed by atoms with Gasteiger partial charge in [-0.2, -0.15) is 0 Å². The highest BCUT2D eigenvalue weighted by molar-refractivity contribution is 5.87. The van der Waals surface area contributed by atoms with Crippen molar-refractivity contribution in [3.8, 4) is 34.5 Å². The van der Waals surface area contributed by atoms with Crippen molar-refractivity contribution in [2.75, 3.05) is 21.0 Å². The van der Waals surface area contributed by atoms with Gasteiger partial charge in [-0.3, -0.25) is 4.99 Å². The molecule has 3 aromatic carbocycles. The Labute approximate surface area is 162 Å². The average Bonchev–Trinajstić information content (AvgIpc) is 3.20. The van der Waals surface area contributed by atoms with Gasteiger partial charge in [0.1, 0.15) is 11.5 Å². The van der Waals surface area contributed by atoms with E-state index < -0.39 is 0 Å². The second kappa shape index (κ2) is 7.92. The minimum Gasteiger partial charge on any atom is -0.496 e. The number of rotatable bonds is 6. The molecule has 0 saturated heterocycles. The molecule has 0 aromatic heterocycles. The molecule has 0 radical (unpaired) electrons. The van der Waals surface area contributed by atoms with Gasteiger partial charge in [-0.15, -0.1) is 0 Å². The van der Waals surface area contributed by atoms with Gasteiger partial charge in [-0.1, -0.05) is 12.1 Å². The second-order valence-electron chi connectivity index (χ2n) is 5.95. The number of nitrogens with zero attached hydrogens (tertiary/aromatic N) is 1. The van der Waals surface area contributed by atoms with E-state index in [-0.39, 0.29) is 6.79 Å². The number of fused-ring (bicyclic) bond motifs is 1. The smallest absolute Gasteiger partial charge is 0.231 e. The Balaban J connectivity index is 1.50. The van der Waals surface area contributed by atoms with Crippen molar-refractivity contribution in [3.63, 3.8) is 0 Å². The van der Waals surface area contributed by atoms with Gasteiger partial charge in [0, 0.05) is 17.8 Å². The lowest BCUT2D eigenvalue weighted by Gasteiger charge is -2.10. The zero-order chi connectivity index (χ0) is 19.3. The Morgan fingerprint density at radius 2 is 1.50 bits per heavy atom. The molecule has 4 rings (SSSR count). The maximum atomic E-state index is 5.88. The highest BCUT2D eigenvalue weighted by atomic mass is 16.7. The summed E-state index contributed by atoms with van der Waals surface area (Å²) in [4.78, 5) is 4.51. The molecule has 0 fully saturated rings. The number of ether oxygens (including phenoxy) is 5. The maximum Gasteiger partial charge on any atom is 0.231 e. The molecule has 0 atom stereocenters. The number of benzene rings is 3. The van der Waals surface area contributed by atoms with E-state index in [0.717, 1.165) is 11.3 Å². The fourth-order valence-corrected chi connectivity index (χ4v) is 2.79. The molecule has 1 aliphatic heterocycles. The normalized spacial score (nSPS) is 12.2. The van der Waals surface area contributed by atoms with Crippen molar-refractivity contribution in [2.24, 2.45) is 4.99 Å². The van der Waals surface area contributed by atoms with Gasteiger partial charge in [0.05, 0.1) is 19.9 Å². The molecule has 142 valence electrons. The molecule has 1 aliphatic rings. The van der Waals surface area contributed by atoms with Crippen LogP contribution in [0.5, 0.6) is 34.5 Å². The third-order valence-electron chi connectivity index (χ3n) is 4.21. The van der Waals surface area contributed by atoms with Crippen molar-refractivity contribution in [1.82, 2.24) is 0 Å². The molecule has 28 heavy (non-hydrogen) atoms. The SMILES string of the molecule is COc1cc2c(cc1C=Nc1ccc(Oc3ccccc3OC)cc1)OCO2. The number of methoxy groups -OCH3 is 2. The molecule has 6 heteroatoms. The summed E-state index contributed by atoms with van der Waals surface area (Å²) in [5.41, 5.74) is 1.59. The Morgan fingerprint density at radius 1 is 0.821 bits per heavy atom. The van der Waals surface area contributed by atoms with E-state index in [2.05, 4.69) is 4.99 Å². The van der Waals surface area contributed by atoms with Gasteiger partial charge in [-0.25, -0.2) is 0 Å². The molecule has 0 amide bonds. The third-order valence-corrected chi connectivity index (χ3v) is 4.21. The van der Waals surface area contributed by atoms with E-state index in [4.69, 9.17) is 23.7 Å². The van der Waals surface area contributed by atoms with Crippen LogP contribution in [-0.2, 0) is 0 Å². The minimum atomic E-state index is 0.215. The first-order valence-corrected chi connectivity index (χ1v) is 8.69. The minimum absolute atomic E-state index is 0.215. The lowest BCUT2D eigenvalue weighted by Crippen LogP contribution is -1.92. The second-order valence-corrected chi connectivity index (χ2v) is 5.95. The van der Waals surface area contributed by atoms with Crippen LogP contribution >= 0.6 is 0 Å². The first-order chi connectivity index (χ1) is 13.8. The molecule has 0 saturated carbocycles. The van der Waals surface area contributed by atoms with E-state index in [1.165, 1.54) is 0 Å². The van der Waals surface area contributed by atoms with Gasteiger partial charge in [0.2, 0.25) is 6.79 Å². The van der Waals surface area contributed by atoms with E-state index in [1.807, 2.05) is 54.6 Å². The van der Waals surface area contributed by atoms with Crippen LogP contribution < -0.4 is 23.7 Å². The van der Waals surface area contributed by atoms with Crippen LogP contribution in [0.2, 0.25) is 0 Å². The standard InChI is InChI=1S/C22H19NO5/c1-24-18-5-3-4-6-19(18)28-17-9-7-16(8-10-17)23-13-15-11-21-22(27-14-26-21)12-20(15)25-2/h3-13H,14H2,1-2H3. The van der Waals surface area contributed by atoms with E-state index in [9.17, 15) is 0 Å². The quantitative estimate of drug-likeness (QED) is 0.567. The van der Waals surface area contributed by atoms with Crippen LogP contribution in [0.3, 0.4) is 0 Å². The third kappa shape index (κ3) is 3.71. The fraction of sp³-hybridized carbons (Fsp3) is 0.136. The van der Waals surface area contributed by atoms with Crippen molar-refractivity contribution in [2.45, 2.75) is 0 Å². The zero-order valence-corrected chi connectivity index (χ0v) is 15.5. The largest absolute Gasteiger partial charge is 0.496 e. The summed E-state index contributed by atoms with van der Waals surface area (Å²) in [6.45, 7) is 0.215.